The standard InChI is InChI=1S/C12H13N3OS/c1-9-15-11(8-17-9)2-3-12(16)14-7-10-4-5-13-6-10/h2-6,8,13H,7H2,1H3,(H,14,16)/b3-2+. The third kappa shape index (κ3) is 3.57. The van der Waals surface area contributed by atoms with Crippen LogP contribution in [0.25, 0.3) is 6.08 Å². The Kier molecular flexibility index (Phi) is 3.72. The topological polar surface area (TPSA) is 57.8 Å². The SMILES string of the molecule is Cc1nc(/C=C/C(=O)NCc2cc[nH]c2)cs1. The van der Waals surface area contributed by atoms with Crippen LogP contribution in [0.1, 0.15) is 16.3 Å². The quantitative estimate of drug-likeness (QED) is 0.813. The number of amides is 1. The van der Waals surface area contributed by atoms with Crippen LogP contribution in [0.5, 0.6) is 0 Å². The Balaban J connectivity index is 1.83. The molecule has 0 atom stereocenters. The van der Waals surface area contributed by atoms with Crippen molar-refractivity contribution in [2.24, 2.45) is 0 Å². The van der Waals surface area contributed by atoms with E-state index in [1.54, 1.807) is 17.4 Å². The molecule has 0 saturated heterocycles. The second-order valence-electron chi connectivity index (χ2n) is 3.56. The molecule has 17 heavy (non-hydrogen) atoms. The van der Waals surface area contributed by atoms with Gasteiger partial charge in [-0.05, 0) is 24.6 Å². The van der Waals surface area contributed by atoms with Crippen molar-refractivity contribution in [1.29, 1.82) is 0 Å². The van der Waals surface area contributed by atoms with Gasteiger partial charge in [-0.3, -0.25) is 4.79 Å². The zero-order valence-electron chi connectivity index (χ0n) is 9.43. The molecule has 2 aromatic rings. The summed E-state index contributed by atoms with van der Waals surface area (Å²) < 4.78 is 0. The van der Waals surface area contributed by atoms with Crippen LogP contribution in [0, 0.1) is 6.92 Å². The molecule has 4 nitrogen and oxygen atoms in total. The predicted molar refractivity (Wildman–Crippen MR) is 68.5 cm³/mol. The summed E-state index contributed by atoms with van der Waals surface area (Å²) in [5, 5.41) is 5.71. The number of carbonyl (C=O) groups excluding carboxylic acids is 1. The van der Waals surface area contributed by atoms with E-state index >= 15 is 0 Å². The van der Waals surface area contributed by atoms with E-state index in [2.05, 4.69) is 15.3 Å². The Hall–Kier alpha value is -1.88. The molecule has 0 aromatic carbocycles. The van der Waals surface area contributed by atoms with E-state index in [0.717, 1.165) is 16.3 Å². The van der Waals surface area contributed by atoms with E-state index in [1.165, 1.54) is 6.08 Å². The summed E-state index contributed by atoms with van der Waals surface area (Å²) in [5.74, 6) is -0.114. The monoisotopic (exact) mass is 247 g/mol. The van der Waals surface area contributed by atoms with Crippen LogP contribution in [0.15, 0.2) is 29.9 Å². The molecule has 0 radical (unpaired) electrons. The summed E-state index contributed by atoms with van der Waals surface area (Å²) in [4.78, 5) is 18.7. The van der Waals surface area contributed by atoms with Gasteiger partial charge in [0.2, 0.25) is 5.91 Å². The van der Waals surface area contributed by atoms with Crippen molar-refractivity contribution in [3.63, 3.8) is 0 Å². The van der Waals surface area contributed by atoms with Crippen molar-refractivity contribution in [2.45, 2.75) is 13.5 Å². The van der Waals surface area contributed by atoms with Crippen molar-refractivity contribution >= 4 is 23.3 Å². The molecule has 0 saturated carbocycles. The second-order valence-corrected chi connectivity index (χ2v) is 4.62. The van der Waals surface area contributed by atoms with E-state index in [1.807, 2.05) is 30.8 Å². The first-order valence-electron chi connectivity index (χ1n) is 5.24. The molecule has 0 aliphatic heterocycles. The van der Waals surface area contributed by atoms with E-state index in [9.17, 15) is 4.79 Å². The number of H-pyrrole nitrogens is 1. The Morgan fingerprint density at radius 2 is 2.53 bits per heavy atom. The van der Waals surface area contributed by atoms with Gasteiger partial charge in [0.05, 0.1) is 10.7 Å². The van der Waals surface area contributed by atoms with Crippen molar-refractivity contribution in [1.82, 2.24) is 15.3 Å². The fourth-order valence-corrected chi connectivity index (χ4v) is 1.91. The number of aromatic nitrogens is 2. The zero-order chi connectivity index (χ0) is 12.1. The Labute approximate surface area is 103 Å². The highest BCUT2D eigenvalue weighted by atomic mass is 32.1. The number of rotatable bonds is 4. The van der Waals surface area contributed by atoms with Crippen molar-refractivity contribution in [3.8, 4) is 0 Å². The number of nitrogens with zero attached hydrogens (tertiary/aromatic N) is 1. The van der Waals surface area contributed by atoms with Gasteiger partial charge in [0, 0.05) is 30.4 Å². The van der Waals surface area contributed by atoms with Gasteiger partial charge in [0.25, 0.3) is 0 Å². The molecule has 2 aromatic heterocycles. The first kappa shape index (κ1) is 11.6. The lowest BCUT2D eigenvalue weighted by atomic mass is 10.3. The van der Waals surface area contributed by atoms with Gasteiger partial charge in [-0.25, -0.2) is 4.98 Å². The minimum absolute atomic E-state index is 0.114. The molecular formula is C12H13N3OS. The number of thiazole rings is 1. The molecule has 2 N–H and O–H groups in total. The number of hydrogen-bond acceptors (Lipinski definition) is 3. The first-order chi connectivity index (χ1) is 8.24. The van der Waals surface area contributed by atoms with Gasteiger partial charge in [0.1, 0.15) is 0 Å². The summed E-state index contributed by atoms with van der Waals surface area (Å²) in [5.41, 5.74) is 1.88. The molecule has 0 bridgehead atoms. The van der Waals surface area contributed by atoms with Crippen molar-refractivity contribution in [3.05, 3.63) is 46.2 Å². The van der Waals surface area contributed by atoms with Crippen LogP contribution in [-0.4, -0.2) is 15.9 Å². The van der Waals surface area contributed by atoms with E-state index < -0.39 is 0 Å². The third-order valence-corrected chi connectivity index (χ3v) is 2.96. The largest absolute Gasteiger partial charge is 0.367 e. The number of hydrogen-bond donors (Lipinski definition) is 2. The molecule has 0 aliphatic carbocycles. The lowest BCUT2D eigenvalue weighted by Gasteiger charge is -1.98. The molecule has 0 fully saturated rings. The van der Waals surface area contributed by atoms with Crippen LogP contribution >= 0.6 is 11.3 Å². The lowest BCUT2D eigenvalue weighted by molar-refractivity contribution is -0.116. The molecule has 0 spiro atoms. The number of carbonyl (C=O) groups is 1. The van der Waals surface area contributed by atoms with Gasteiger partial charge in [-0.15, -0.1) is 11.3 Å². The van der Waals surface area contributed by atoms with Gasteiger partial charge in [-0.1, -0.05) is 0 Å². The van der Waals surface area contributed by atoms with Gasteiger partial charge >= 0.3 is 0 Å². The molecular weight excluding hydrogens is 234 g/mol. The van der Waals surface area contributed by atoms with Gasteiger partial charge in [-0.2, -0.15) is 0 Å². The van der Waals surface area contributed by atoms with Crippen LogP contribution < -0.4 is 5.32 Å². The maximum Gasteiger partial charge on any atom is 0.244 e. The molecule has 5 heteroatoms. The summed E-state index contributed by atoms with van der Waals surface area (Å²) in [7, 11) is 0. The average Bonchev–Trinajstić information content (AvgIpc) is 2.95. The van der Waals surface area contributed by atoms with Crippen LogP contribution in [0.4, 0.5) is 0 Å². The van der Waals surface area contributed by atoms with Crippen LogP contribution in [-0.2, 0) is 11.3 Å². The summed E-state index contributed by atoms with van der Waals surface area (Å²) >= 11 is 1.57. The Morgan fingerprint density at radius 3 is 3.18 bits per heavy atom. The maximum absolute atomic E-state index is 11.5. The minimum Gasteiger partial charge on any atom is -0.367 e. The van der Waals surface area contributed by atoms with Crippen molar-refractivity contribution < 1.29 is 4.79 Å². The number of nitrogens with one attached hydrogen (secondary N) is 2. The van der Waals surface area contributed by atoms with Gasteiger partial charge < -0.3 is 10.3 Å². The second kappa shape index (κ2) is 5.45. The summed E-state index contributed by atoms with van der Waals surface area (Å²) in [6.07, 6.45) is 6.90. The van der Waals surface area contributed by atoms with Crippen LogP contribution in [0.2, 0.25) is 0 Å². The van der Waals surface area contributed by atoms with E-state index in [-0.39, 0.29) is 5.91 Å². The van der Waals surface area contributed by atoms with Gasteiger partial charge in [0.15, 0.2) is 0 Å². The molecule has 0 aliphatic rings. The lowest BCUT2D eigenvalue weighted by Crippen LogP contribution is -2.19. The number of aryl methyl sites for hydroxylation is 1. The maximum atomic E-state index is 11.5. The van der Waals surface area contributed by atoms with Crippen LogP contribution in [0.3, 0.4) is 0 Å². The Bertz CT molecular complexity index is 514. The fraction of sp³-hybridized carbons (Fsp3) is 0.167. The molecule has 2 rings (SSSR count). The smallest absolute Gasteiger partial charge is 0.244 e. The Morgan fingerprint density at radius 1 is 1.65 bits per heavy atom. The predicted octanol–water partition coefficient (Wildman–Crippen LogP) is 2.11. The van der Waals surface area contributed by atoms with Crippen molar-refractivity contribution in [2.75, 3.05) is 0 Å². The minimum atomic E-state index is -0.114. The average molecular weight is 247 g/mol. The molecule has 2 heterocycles. The van der Waals surface area contributed by atoms with E-state index in [4.69, 9.17) is 0 Å². The van der Waals surface area contributed by atoms with E-state index in [0.29, 0.717) is 6.54 Å². The zero-order valence-corrected chi connectivity index (χ0v) is 10.3. The fourth-order valence-electron chi connectivity index (χ4n) is 1.33. The summed E-state index contributed by atoms with van der Waals surface area (Å²) in [6, 6.07) is 1.92. The molecule has 88 valence electrons. The summed E-state index contributed by atoms with van der Waals surface area (Å²) in [6.45, 7) is 2.47. The normalized spacial score (nSPS) is 10.9. The third-order valence-electron chi connectivity index (χ3n) is 2.17. The molecule has 0 unspecified atom stereocenters. The highest BCUT2D eigenvalue weighted by Crippen LogP contribution is 2.08. The highest BCUT2D eigenvalue weighted by Gasteiger charge is 1.98. The highest BCUT2D eigenvalue weighted by molar-refractivity contribution is 7.09. The number of aromatic amines is 1. The molecule has 1 amide bonds. The first-order valence-corrected chi connectivity index (χ1v) is 6.12.